The molecule has 0 bridgehead atoms. The molecule has 1 aliphatic heterocycles. The van der Waals surface area contributed by atoms with Gasteiger partial charge in [-0.3, -0.25) is 4.79 Å². The third kappa shape index (κ3) is 3.17. The maximum Gasteiger partial charge on any atom is 0.256 e. The lowest BCUT2D eigenvalue weighted by Gasteiger charge is -2.11. The van der Waals surface area contributed by atoms with Gasteiger partial charge in [0.2, 0.25) is 0 Å². The lowest BCUT2D eigenvalue weighted by atomic mass is 10.1. The molecule has 0 spiro atoms. The number of carbonyl (C=O) groups is 1. The van der Waals surface area contributed by atoms with Crippen molar-refractivity contribution in [2.75, 3.05) is 5.32 Å². The van der Waals surface area contributed by atoms with Crippen LogP contribution in [0.1, 0.15) is 27.2 Å². The lowest BCUT2D eigenvalue weighted by Crippen LogP contribution is -2.16. The van der Waals surface area contributed by atoms with Crippen molar-refractivity contribution in [3.8, 4) is 5.69 Å². The standard InChI is InChI=1S/C19H16ClN3OS/c1-12-4-2-5-13(8-12)19(24)21-18-16-10-25-11-17(16)22-23(18)15-7-3-6-14(20)9-15/h2-9H,10-11H2,1H3,(H,21,24). The number of nitrogens with one attached hydrogen (secondary N) is 1. The summed E-state index contributed by atoms with van der Waals surface area (Å²) in [5.74, 6) is 2.30. The molecule has 0 unspecified atom stereocenters. The summed E-state index contributed by atoms with van der Waals surface area (Å²) in [7, 11) is 0. The molecule has 0 saturated heterocycles. The molecule has 2 aromatic carbocycles. The molecule has 0 atom stereocenters. The van der Waals surface area contributed by atoms with Gasteiger partial charge in [0, 0.05) is 27.7 Å². The zero-order valence-electron chi connectivity index (χ0n) is 13.6. The average molecular weight is 370 g/mol. The van der Waals surface area contributed by atoms with E-state index in [4.69, 9.17) is 11.6 Å². The van der Waals surface area contributed by atoms with Gasteiger partial charge >= 0.3 is 0 Å². The number of hydrogen-bond acceptors (Lipinski definition) is 3. The first kappa shape index (κ1) is 16.2. The molecule has 4 rings (SSSR count). The first-order valence-electron chi connectivity index (χ1n) is 7.94. The van der Waals surface area contributed by atoms with E-state index in [0.29, 0.717) is 10.6 Å². The number of thioether (sulfide) groups is 1. The van der Waals surface area contributed by atoms with E-state index in [2.05, 4.69) is 10.4 Å². The third-order valence-electron chi connectivity index (χ3n) is 4.12. The zero-order chi connectivity index (χ0) is 17.4. The lowest BCUT2D eigenvalue weighted by molar-refractivity contribution is 0.102. The smallest absolute Gasteiger partial charge is 0.256 e. The fraction of sp³-hybridized carbons (Fsp3) is 0.158. The number of amides is 1. The van der Waals surface area contributed by atoms with E-state index in [1.165, 1.54) is 0 Å². The van der Waals surface area contributed by atoms with E-state index < -0.39 is 0 Å². The van der Waals surface area contributed by atoms with Crippen molar-refractivity contribution in [3.05, 3.63) is 75.9 Å². The van der Waals surface area contributed by atoms with Gasteiger partial charge in [0.1, 0.15) is 5.82 Å². The summed E-state index contributed by atoms with van der Waals surface area (Å²) in [6, 6.07) is 15.0. The van der Waals surface area contributed by atoms with Crippen LogP contribution < -0.4 is 5.32 Å². The highest BCUT2D eigenvalue weighted by Gasteiger charge is 2.25. The van der Waals surface area contributed by atoms with Gasteiger partial charge in [-0.05, 0) is 37.3 Å². The summed E-state index contributed by atoms with van der Waals surface area (Å²) >= 11 is 7.93. The number of fused-ring (bicyclic) bond motifs is 1. The molecule has 0 radical (unpaired) electrons. The number of nitrogens with zero attached hydrogens (tertiary/aromatic N) is 2. The topological polar surface area (TPSA) is 46.9 Å². The van der Waals surface area contributed by atoms with Gasteiger partial charge < -0.3 is 5.32 Å². The maximum atomic E-state index is 12.7. The average Bonchev–Trinajstić information content (AvgIpc) is 3.17. The summed E-state index contributed by atoms with van der Waals surface area (Å²) in [6.45, 7) is 1.97. The van der Waals surface area contributed by atoms with E-state index in [-0.39, 0.29) is 5.91 Å². The van der Waals surface area contributed by atoms with Crippen LogP contribution in [0.3, 0.4) is 0 Å². The van der Waals surface area contributed by atoms with Gasteiger partial charge in [-0.15, -0.1) is 0 Å². The van der Waals surface area contributed by atoms with E-state index in [9.17, 15) is 4.79 Å². The van der Waals surface area contributed by atoms with Crippen LogP contribution in [-0.2, 0) is 11.5 Å². The first-order chi connectivity index (χ1) is 12.1. The highest BCUT2D eigenvalue weighted by Crippen LogP contribution is 2.36. The van der Waals surface area contributed by atoms with E-state index in [1.54, 1.807) is 16.4 Å². The van der Waals surface area contributed by atoms with E-state index in [1.807, 2.05) is 55.5 Å². The molecule has 1 aliphatic rings. The molecule has 3 aromatic rings. The van der Waals surface area contributed by atoms with Crippen molar-refractivity contribution in [1.82, 2.24) is 9.78 Å². The van der Waals surface area contributed by atoms with Crippen molar-refractivity contribution in [1.29, 1.82) is 0 Å². The Morgan fingerprint density at radius 1 is 1.20 bits per heavy atom. The maximum absolute atomic E-state index is 12.7. The van der Waals surface area contributed by atoms with Crippen molar-refractivity contribution in [2.24, 2.45) is 0 Å². The Morgan fingerprint density at radius 2 is 2.04 bits per heavy atom. The number of aromatic nitrogens is 2. The van der Waals surface area contributed by atoms with Gasteiger partial charge in [-0.1, -0.05) is 35.4 Å². The van der Waals surface area contributed by atoms with E-state index >= 15 is 0 Å². The molecular formula is C19H16ClN3OS. The van der Waals surface area contributed by atoms with Crippen LogP contribution in [0.4, 0.5) is 5.82 Å². The van der Waals surface area contributed by atoms with Crippen LogP contribution in [0.25, 0.3) is 5.69 Å². The summed E-state index contributed by atoms with van der Waals surface area (Å²) in [5, 5.41) is 8.38. The predicted molar refractivity (Wildman–Crippen MR) is 103 cm³/mol. The number of anilines is 1. The highest BCUT2D eigenvalue weighted by atomic mass is 35.5. The second kappa shape index (κ2) is 6.58. The Kier molecular flexibility index (Phi) is 4.27. The predicted octanol–water partition coefficient (Wildman–Crippen LogP) is 4.83. The Bertz CT molecular complexity index is 967. The van der Waals surface area contributed by atoms with Crippen LogP contribution in [0.5, 0.6) is 0 Å². The molecular weight excluding hydrogens is 354 g/mol. The van der Waals surface area contributed by atoms with Gasteiger partial charge in [0.25, 0.3) is 5.91 Å². The Hall–Kier alpha value is -2.24. The molecule has 6 heteroatoms. The molecule has 0 aliphatic carbocycles. The molecule has 126 valence electrons. The molecule has 25 heavy (non-hydrogen) atoms. The fourth-order valence-corrected chi connectivity index (χ4v) is 4.12. The van der Waals surface area contributed by atoms with Crippen LogP contribution in [0, 0.1) is 6.92 Å². The minimum absolute atomic E-state index is 0.133. The summed E-state index contributed by atoms with van der Waals surface area (Å²) in [6.07, 6.45) is 0. The van der Waals surface area contributed by atoms with Crippen molar-refractivity contribution in [3.63, 3.8) is 0 Å². The van der Waals surface area contributed by atoms with Gasteiger partial charge in [0.05, 0.1) is 11.4 Å². The second-order valence-electron chi connectivity index (χ2n) is 5.98. The summed E-state index contributed by atoms with van der Waals surface area (Å²) in [5.41, 5.74) is 4.64. The van der Waals surface area contributed by atoms with Crippen LogP contribution in [0.15, 0.2) is 48.5 Å². The quantitative estimate of drug-likeness (QED) is 0.719. The number of aryl methyl sites for hydroxylation is 1. The van der Waals surface area contributed by atoms with Gasteiger partial charge in [-0.25, -0.2) is 4.68 Å². The molecule has 1 N–H and O–H groups in total. The Balaban J connectivity index is 1.75. The largest absolute Gasteiger partial charge is 0.306 e. The zero-order valence-corrected chi connectivity index (χ0v) is 15.2. The third-order valence-corrected chi connectivity index (χ3v) is 5.32. The number of benzene rings is 2. The van der Waals surface area contributed by atoms with Crippen molar-refractivity contribution < 1.29 is 4.79 Å². The van der Waals surface area contributed by atoms with Crippen LogP contribution in [-0.4, -0.2) is 15.7 Å². The SMILES string of the molecule is Cc1cccc(C(=O)Nc2c3c(nn2-c2cccc(Cl)c2)CSC3)c1. The van der Waals surface area contributed by atoms with Gasteiger partial charge in [-0.2, -0.15) is 16.9 Å². The molecule has 0 fully saturated rings. The molecule has 1 amide bonds. The number of rotatable bonds is 3. The molecule has 2 heterocycles. The number of hydrogen-bond donors (Lipinski definition) is 1. The number of halogens is 1. The normalized spacial score (nSPS) is 12.9. The fourth-order valence-electron chi connectivity index (χ4n) is 2.90. The Morgan fingerprint density at radius 3 is 2.84 bits per heavy atom. The minimum atomic E-state index is -0.133. The summed E-state index contributed by atoms with van der Waals surface area (Å²) in [4.78, 5) is 12.7. The van der Waals surface area contributed by atoms with Crippen molar-refractivity contribution in [2.45, 2.75) is 18.4 Å². The van der Waals surface area contributed by atoms with Crippen molar-refractivity contribution >= 4 is 35.1 Å². The van der Waals surface area contributed by atoms with Gasteiger partial charge in [0.15, 0.2) is 0 Å². The van der Waals surface area contributed by atoms with Crippen LogP contribution >= 0.6 is 23.4 Å². The first-order valence-corrected chi connectivity index (χ1v) is 9.47. The molecule has 0 saturated carbocycles. The summed E-state index contributed by atoms with van der Waals surface area (Å²) < 4.78 is 1.78. The Labute approximate surface area is 155 Å². The number of carbonyl (C=O) groups excluding carboxylic acids is 1. The minimum Gasteiger partial charge on any atom is -0.306 e. The molecule has 4 nitrogen and oxygen atoms in total. The highest BCUT2D eigenvalue weighted by molar-refractivity contribution is 7.98. The monoisotopic (exact) mass is 369 g/mol. The van der Waals surface area contributed by atoms with Crippen LogP contribution in [0.2, 0.25) is 5.02 Å². The second-order valence-corrected chi connectivity index (χ2v) is 7.40. The molecule has 1 aromatic heterocycles. The van der Waals surface area contributed by atoms with E-state index in [0.717, 1.165) is 39.8 Å².